The smallest absolute Gasteiger partial charge is 0.305 e. The first-order valence-electron chi connectivity index (χ1n) is 8.71. The van der Waals surface area contributed by atoms with Crippen molar-refractivity contribution in [2.75, 3.05) is 13.7 Å². The molecule has 0 spiro atoms. The summed E-state index contributed by atoms with van der Waals surface area (Å²) < 4.78 is 15.8. The van der Waals surface area contributed by atoms with Crippen molar-refractivity contribution >= 4 is 22.6 Å². The Labute approximate surface area is 157 Å². The Morgan fingerprint density at radius 2 is 1.85 bits per heavy atom. The van der Waals surface area contributed by atoms with Gasteiger partial charge in [-0.15, -0.1) is 0 Å². The first kappa shape index (κ1) is 18.5. The quantitative estimate of drug-likeness (QED) is 0.485. The first-order valence-corrected chi connectivity index (χ1v) is 8.71. The molecule has 0 aliphatic rings. The number of methoxy groups -OCH3 is 1. The first-order chi connectivity index (χ1) is 13.2. The monoisotopic (exact) mass is 367 g/mol. The average Bonchev–Trinajstić information content (AvgIpc) is 3.18. The fraction of sp³-hybridized carbons (Fsp3) is 0.238. The number of furan rings is 1. The fourth-order valence-electron chi connectivity index (χ4n) is 2.61. The van der Waals surface area contributed by atoms with E-state index in [4.69, 9.17) is 9.15 Å². The number of benzene rings is 2. The normalized spacial score (nSPS) is 10.6. The molecule has 6 nitrogen and oxygen atoms in total. The summed E-state index contributed by atoms with van der Waals surface area (Å²) in [5, 5.41) is 4.95. The second-order valence-corrected chi connectivity index (χ2v) is 6.00. The van der Waals surface area contributed by atoms with Gasteiger partial charge in [0, 0.05) is 13.0 Å². The van der Waals surface area contributed by atoms with E-state index >= 15 is 0 Å². The van der Waals surface area contributed by atoms with Crippen molar-refractivity contribution in [2.24, 2.45) is 0 Å². The largest absolute Gasteiger partial charge is 0.486 e. The highest BCUT2D eigenvalue weighted by atomic mass is 16.5. The van der Waals surface area contributed by atoms with E-state index < -0.39 is 0 Å². The van der Waals surface area contributed by atoms with Crippen LogP contribution >= 0.6 is 0 Å². The maximum absolute atomic E-state index is 12.0. The van der Waals surface area contributed by atoms with Crippen LogP contribution in [-0.4, -0.2) is 25.5 Å². The summed E-state index contributed by atoms with van der Waals surface area (Å²) in [6.45, 7) is 0.603. The zero-order chi connectivity index (χ0) is 19.1. The summed E-state index contributed by atoms with van der Waals surface area (Å²) in [6.07, 6.45) is 0.775. The van der Waals surface area contributed by atoms with Crippen LogP contribution in [0.5, 0.6) is 5.75 Å². The van der Waals surface area contributed by atoms with E-state index in [1.807, 2.05) is 42.5 Å². The van der Waals surface area contributed by atoms with Crippen molar-refractivity contribution in [3.05, 3.63) is 66.1 Å². The second-order valence-electron chi connectivity index (χ2n) is 6.00. The molecule has 3 aromatic rings. The van der Waals surface area contributed by atoms with Gasteiger partial charge < -0.3 is 19.2 Å². The van der Waals surface area contributed by atoms with Gasteiger partial charge in [-0.05, 0) is 41.5 Å². The molecule has 0 unspecified atom stereocenters. The van der Waals surface area contributed by atoms with Gasteiger partial charge in [-0.25, -0.2) is 0 Å². The Bertz CT molecular complexity index is 931. The number of ether oxygens (including phenoxy) is 2. The minimum absolute atomic E-state index is 0.213. The number of nitrogens with one attached hydrogen (secondary N) is 1. The van der Waals surface area contributed by atoms with Gasteiger partial charge in [0.1, 0.15) is 18.1 Å². The molecule has 1 heterocycles. The number of hydrogen-bond donors (Lipinski definition) is 1. The van der Waals surface area contributed by atoms with Crippen LogP contribution < -0.4 is 10.1 Å². The van der Waals surface area contributed by atoms with Crippen LogP contribution in [0.1, 0.15) is 29.2 Å². The Hall–Kier alpha value is -3.28. The molecule has 3 rings (SSSR count). The standard InChI is InChI=1S/C21H21NO5/c1-25-20(23)7-4-12-22-21(24)19-11-10-18(27-19)14-26-17-9-8-15-5-2-3-6-16(15)13-17/h2-3,5-6,8-11,13H,4,7,12,14H2,1H3,(H,22,24). The predicted molar refractivity (Wildman–Crippen MR) is 101 cm³/mol. The molecule has 0 aliphatic heterocycles. The molecule has 1 amide bonds. The van der Waals surface area contributed by atoms with E-state index in [-0.39, 0.29) is 30.7 Å². The number of rotatable bonds is 8. The zero-order valence-electron chi connectivity index (χ0n) is 15.1. The molecule has 140 valence electrons. The van der Waals surface area contributed by atoms with Crippen molar-refractivity contribution in [2.45, 2.75) is 19.4 Å². The van der Waals surface area contributed by atoms with Gasteiger partial charge in [-0.3, -0.25) is 9.59 Å². The highest BCUT2D eigenvalue weighted by Crippen LogP contribution is 2.21. The summed E-state index contributed by atoms with van der Waals surface area (Å²) in [5.41, 5.74) is 0. The van der Waals surface area contributed by atoms with Crippen LogP contribution in [0.25, 0.3) is 10.8 Å². The molecule has 0 saturated heterocycles. The lowest BCUT2D eigenvalue weighted by atomic mass is 10.1. The molecule has 2 aromatic carbocycles. The van der Waals surface area contributed by atoms with Crippen LogP contribution in [0.15, 0.2) is 59.0 Å². The van der Waals surface area contributed by atoms with Crippen LogP contribution in [-0.2, 0) is 16.1 Å². The van der Waals surface area contributed by atoms with Crippen molar-refractivity contribution in [1.29, 1.82) is 0 Å². The average molecular weight is 367 g/mol. The van der Waals surface area contributed by atoms with Gasteiger partial charge in [0.2, 0.25) is 0 Å². The maximum atomic E-state index is 12.0. The summed E-state index contributed by atoms with van der Waals surface area (Å²) in [6, 6.07) is 17.2. The molecule has 0 atom stereocenters. The molecular formula is C21H21NO5. The number of amides is 1. The van der Waals surface area contributed by atoms with E-state index in [0.717, 1.165) is 16.5 Å². The molecule has 0 saturated carbocycles. The van der Waals surface area contributed by atoms with Crippen LogP contribution in [0.4, 0.5) is 0 Å². The molecule has 0 fully saturated rings. The summed E-state index contributed by atoms with van der Waals surface area (Å²) in [4.78, 5) is 23.1. The summed E-state index contributed by atoms with van der Waals surface area (Å²) in [5.74, 6) is 0.888. The van der Waals surface area contributed by atoms with E-state index in [0.29, 0.717) is 18.7 Å². The third-order valence-electron chi connectivity index (χ3n) is 4.06. The molecule has 27 heavy (non-hydrogen) atoms. The molecule has 0 bridgehead atoms. The summed E-state index contributed by atoms with van der Waals surface area (Å²) in [7, 11) is 1.34. The molecule has 6 heteroatoms. The Morgan fingerprint density at radius 1 is 1.04 bits per heavy atom. The van der Waals surface area contributed by atoms with Crippen molar-refractivity contribution < 1.29 is 23.5 Å². The van der Waals surface area contributed by atoms with Crippen molar-refractivity contribution in [3.8, 4) is 5.75 Å². The van der Waals surface area contributed by atoms with E-state index in [1.54, 1.807) is 12.1 Å². The van der Waals surface area contributed by atoms with Gasteiger partial charge in [-0.2, -0.15) is 0 Å². The second kappa shape index (κ2) is 8.89. The van der Waals surface area contributed by atoms with Crippen molar-refractivity contribution in [3.63, 3.8) is 0 Å². The maximum Gasteiger partial charge on any atom is 0.305 e. The highest BCUT2D eigenvalue weighted by Gasteiger charge is 2.11. The fourth-order valence-corrected chi connectivity index (χ4v) is 2.61. The minimum atomic E-state index is -0.322. The SMILES string of the molecule is COC(=O)CCCNC(=O)c1ccc(COc2ccc3ccccc3c2)o1. The lowest BCUT2D eigenvalue weighted by molar-refractivity contribution is -0.140. The third kappa shape index (κ3) is 5.10. The number of fused-ring (bicyclic) bond motifs is 1. The van der Waals surface area contributed by atoms with Crippen LogP contribution in [0.3, 0.4) is 0 Å². The Balaban J connectivity index is 1.49. The highest BCUT2D eigenvalue weighted by molar-refractivity contribution is 5.91. The number of carbonyl (C=O) groups is 2. The Kier molecular flexibility index (Phi) is 6.10. The van der Waals surface area contributed by atoms with Crippen molar-refractivity contribution in [1.82, 2.24) is 5.32 Å². The summed E-state index contributed by atoms with van der Waals surface area (Å²) >= 11 is 0. The van der Waals surface area contributed by atoms with Gasteiger partial charge in [-0.1, -0.05) is 30.3 Å². The van der Waals surface area contributed by atoms with E-state index in [1.165, 1.54) is 7.11 Å². The number of carbonyl (C=O) groups excluding carboxylic acids is 2. The number of esters is 1. The van der Waals surface area contributed by atoms with Gasteiger partial charge in [0.25, 0.3) is 5.91 Å². The van der Waals surface area contributed by atoms with Crippen LogP contribution in [0, 0.1) is 0 Å². The van der Waals surface area contributed by atoms with Crippen LogP contribution in [0.2, 0.25) is 0 Å². The zero-order valence-corrected chi connectivity index (χ0v) is 15.1. The van der Waals surface area contributed by atoms with Gasteiger partial charge >= 0.3 is 5.97 Å². The van der Waals surface area contributed by atoms with Gasteiger partial charge in [0.15, 0.2) is 5.76 Å². The molecule has 0 aliphatic carbocycles. The lowest BCUT2D eigenvalue weighted by Crippen LogP contribution is -2.24. The van der Waals surface area contributed by atoms with Gasteiger partial charge in [0.05, 0.1) is 7.11 Å². The molecular weight excluding hydrogens is 346 g/mol. The predicted octanol–water partition coefficient (Wildman–Crippen LogP) is 3.69. The van der Waals surface area contributed by atoms with E-state index in [9.17, 15) is 9.59 Å². The Morgan fingerprint density at radius 3 is 2.67 bits per heavy atom. The molecule has 1 aromatic heterocycles. The molecule has 0 radical (unpaired) electrons. The minimum Gasteiger partial charge on any atom is -0.486 e. The van der Waals surface area contributed by atoms with E-state index in [2.05, 4.69) is 10.1 Å². The topological polar surface area (TPSA) is 77.8 Å². The molecule has 1 N–H and O–H groups in total. The lowest BCUT2D eigenvalue weighted by Gasteiger charge is -2.06. The third-order valence-corrected chi connectivity index (χ3v) is 4.06. The number of hydrogen-bond acceptors (Lipinski definition) is 5.